The smallest absolute Gasteiger partial charge is 0.0247 e. The number of piperidine rings is 1. The number of hydrogen-bond acceptors (Lipinski definition) is 2. The third-order valence-corrected chi connectivity index (χ3v) is 2.91. The van der Waals surface area contributed by atoms with Crippen LogP contribution in [0.1, 0.15) is 25.7 Å². The summed E-state index contributed by atoms with van der Waals surface area (Å²) in [5, 5.41) is 0. The maximum Gasteiger partial charge on any atom is 0.0247 e. The van der Waals surface area contributed by atoms with Crippen molar-refractivity contribution in [3.8, 4) is 0 Å². The summed E-state index contributed by atoms with van der Waals surface area (Å²) >= 11 is 0. The minimum absolute atomic E-state index is 0.486. The van der Waals surface area contributed by atoms with Crippen LogP contribution in [0.25, 0.3) is 0 Å². The zero-order valence-electron chi connectivity index (χ0n) is 6.42. The molecule has 58 valence electrons. The standard InChI is InChI=1S/C8H16N2/c9-7-4-6-10-5-2-1-3-8(7)10/h7-8H,1-6,9H2/t7-,8+/m0/s1. The quantitative estimate of drug-likeness (QED) is 0.533. The molecule has 0 aromatic carbocycles. The predicted octanol–water partition coefficient (Wildman–Crippen LogP) is 0.572. The van der Waals surface area contributed by atoms with Crippen molar-refractivity contribution in [3.05, 3.63) is 0 Å². The van der Waals surface area contributed by atoms with Gasteiger partial charge in [-0.3, -0.25) is 4.90 Å². The van der Waals surface area contributed by atoms with Crippen molar-refractivity contribution in [2.24, 2.45) is 5.73 Å². The van der Waals surface area contributed by atoms with Gasteiger partial charge in [0.2, 0.25) is 0 Å². The molecule has 2 saturated heterocycles. The molecule has 2 nitrogen and oxygen atoms in total. The number of rotatable bonds is 0. The molecule has 0 aromatic heterocycles. The predicted molar refractivity (Wildman–Crippen MR) is 41.8 cm³/mol. The summed E-state index contributed by atoms with van der Waals surface area (Å²) in [6, 6.07) is 1.23. The molecule has 0 aliphatic carbocycles. The lowest BCUT2D eigenvalue weighted by atomic mass is 10.00. The van der Waals surface area contributed by atoms with Crippen LogP contribution in [0.5, 0.6) is 0 Å². The monoisotopic (exact) mass is 140 g/mol. The Kier molecular flexibility index (Phi) is 1.66. The molecule has 2 fully saturated rings. The van der Waals surface area contributed by atoms with Crippen LogP contribution in [0.2, 0.25) is 0 Å². The molecule has 2 aliphatic heterocycles. The Morgan fingerprint density at radius 2 is 2.00 bits per heavy atom. The van der Waals surface area contributed by atoms with Crippen LogP contribution in [0.15, 0.2) is 0 Å². The summed E-state index contributed by atoms with van der Waals surface area (Å²) in [7, 11) is 0. The molecular formula is C8H16N2. The highest BCUT2D eigenvalue weighted by atomic mass is 15.2. The molecule has 10 heavy (non-hydrogen) atoms. The van der Waals surface area contributed by atoms with E-state index in [2.05, 4.69) is 4.90 Å². The van der Waals surface area contributed by atoms with Gasteiger partial charge in [-0.1, -0.05) is 6.42 Å². The van der Waals surface area contributed by atoms with Crippen molar-refractivity contribution >= 4 is 0 Å². The van der Waals surface area contributed by atoms with E-state index in [1.54, 1.807) is 0 Å². The lowest BCUT2D eigenvalue weighted by Gasteiger charge is -2.30. The van der Waals surface area contributed by atoms with Gasteiger partial charge in [0.15, 0.2) is 0 Å². The highest BCUT2D eigenvalue weighted by Crippen LogP contribution is 2.25. The molecule has 2 aliphatic rings. The molecule has 2 heteroatoms. The molecular weight excluding hydrogens is 124 g/mol. The summed E-state index contributed by atoms with van der Waals surface area (Å²) in [6.07, 6.45) is 5.36. The Balaban J connectivity index is 2.01. The molecule has 0 amide bonds. The van der Waals surface area contributed by atoms with Gasteiger partial charge in [-0.15, -0.1) is 0 Å². The highest BCUT2D eigenvalue weighted by Gasteiger charge is 2.32. The minimum atomic E-state index is 0.486. The molecule has 2 heterocycles. The van der Waals surface area contributed by atoms with Crippen LogP contribution >= 0.6 is 0 Å². The van der Waals surface area contributed by atoms with E-state index in [1.165, 1.54) is 38.8 Å². The Morgan fingerprint density at radius 1 is 1.10 bits per heavy atom. The molecule has 2 atom stereocenters. The van der Waals surface area contributed by atoms with E-state index in [1.807, 2.05) is 0 Å². The fraction of sp³-hybridized carbons (Fsp3) is 1.00. The molecule has 0 radical (unpaired) electrons. The van der Waals surface area contributed by atoms with Gasteiger partial charge in [0, 0.05) is 18.6 Å². The maximum absolute atomic E-state index is 5.95. The summed E-state index contributed by atoms with van der Waals surface area (Å²) in [5.74, 6) is 0. The van der Waals surface area contributed by atoms with E-state index in [4.69, 9.17) is 5.73 Å². The van der Waals surface area contributed by atoms with Gasteiger partial charge in [0.25, 0.3) is 0 Å². The average Bonchev–Trinajstić information content (AvgIpc) is 2.34. The minimum Gasteiger partial charge on any atom is -0.326 e. The van der Waals surface area contributed by atoms with Crippen molar-refractivity contribution in [3.63, 3.8) is 0 Å². The molecule has 2 N–H and O–H groups in total. The van der Waals surface area contributed by atoms with Crippen molar-refractivity contribution < 1.29 is 0 Å². The molecule has 0 spiro atoms. The number of hydrogen-bond donors (Lipinski definition) is 1. The Morgan fingerprint density at radius 3 is 2.80 bits per heavy atom. The molecule has 0 aromatic rings. The number of nitrogens with two attached hydrogens (primary N) is 1. The van der Waals surface area contributed by atoms with Crippen LogP contribution in [-0.2, 0) is 0 Å². The zero-order valence-corrected chi connectivity index (χ0v) is 6.42. The average molecular weight is 140 g/mol. The highest BCUT2D eigenvalue weighted by molar-refractivity contribution is 4.91. The van der Waals surface area contributed by atoms with Gasteiger partial charge in [-0.25, -0.2) is 0 Å². The summed E-state index contributed by atoms with van der Waals surface area (Å²) in [5.41, 5.74) is 5.95. The first-order valence-electron chi connectivity index (χ1n) is 4.37. The first-order chi connectivity index (χ1) is 4.88. The summed E-state index contributed by atoms with van der Waals surface area (Å²) in [6.45, 7) is 2.56. The third kappa shape index (κ3) is 0.956. The topological polar surface area (TPSA) is 29.3 Å². The van der Waals surface area contributed by atoms with Gasteiger partial charge < -0.3 is 5.73 Å². The van der Waals surface area contributed by atoms with E-state index in [0.29, 0.717) is 6.04 Å². The first-order valence-corrected chi connectivity index (χ1v) is 4.37. The SMILES string of the molecule is N[C@H]1CCN2CCCC[C@H]12. The van der Waals surface area contributed by atoms with Gasteiger partial charge >= 0.3 is 0 Å². The summed E-state index contributed by atoms with van der Waals surface area (Å²) < 4.78 is 0. The van der Waals surface area contributed by atoms with Crippen LogP contribution in [0, 0.1) is 0 Å². The van der Waals surface area contributed by atoms with Crippen molar-refractivity contribution in [2.45, 2.75) is 37.8 Å². The second-order valence-electron chi connectivity index (χ2n) is 3.55. The Labute approximate surface area is 62.4 Å². The Hall–Kier alpha value is -0.0800. The zero-order chi connectivity index (χ0) is 6.97. The van der Waals surface area contributed by atoms with Crippen molar-refractivity contribution in [1.82, 2.24) is 4.90 Å². The van der Waals surface area contributed by atoms with Crippen LogP contribution in [0.3, 0.4) is 0 Å². The number of fused-ring (bicyclic) bond motifs is 1. The van der Waals surface area contributed by atoms with E-state index in [9.17, 15) is 0 Å². The molecule has 0 saturated carbocycles. The van der Waals surface area contributed by atoms with Gasteiger partial charge in [-0.05, 0) is 25.8 Å². The fourth-order valence-electron chi connectivity index (χ4n) is 2.29. The lowest BCUT2D eigenvalue weighted by molar-refractivity contribution is 0.189. The fourth-order valence-corrected chi connectivity index (χ4v) is 2.29. The van der Waals surface area contributed by atoms with Crippen LogP contribution in [0.4, 0.5) is 0 Å². The molecule has 2 rings (SSSR count). The second-order valence-corrected chi connectivity index (χ2v) is 3.55. The first kappa shape index (κ1) is 6.62. The normalized spacial score (nSPS) is 41.7. The third-order valence-electron chi connectivity index (χ3n) is 2.91. The summed E-state index contributed by atoms with van der Waals surface area (Å²) in [4.78, 5) is 2.56. The lowest BCUT2D eigenvalue weighted by Crippen LogP contribution is -2.42. The second kappa shape index (κ2) is 2.51. The van der Waals surface area contributed by atoms with E-state index in [0.717, 1.165) is 6.04 Å². The van der Waals surface area contributed by atoms with E-state index in [-0.39, 0.29) is 0 Å². The van der Waals surface area contributed by atoms with Crippen LogP contribution in [-0.4, -0.2) is 30.1 Å². The Bertz CT molecular complexity index is 122. The van der Waals surface area contributed by atoms with Crippen molar-refractivity contribution in [2.75, 3.05) is 13.1 Å². The van der Waals surface area contributed by atoms with Gasteiger partial charge in [0.05, 0.1) is 0 Å². The van der Waals surface area contributed by atoms with Gasteiger partial charge in [-0.2, -0.15) is 0 Å². The molecule has 0 bridgehead atoms. The van der Waals surface area contributed by atoms with E-state index >= 15 is 0 Å². The molecule has 0 unspecified atom stereocenters. The van der Waals surface area contributed by atoms with Gasteiger partial charge in [0.1, 0.15) is 0 Å². The van der Waals surface area contributed by atoms with E-state index < -0.39 is 0 Å². The maximum atomic E-state index is 5.95. The van der Waals surface area contributed by atoms with Crippen LogP contribution < -0.4 is 5.73 Å². The number of nitrogens with zero attached hydrogens (tertiary/aromatic N) is 1. The van der Waals surface area contributed by atoms with Crippen molar-refractivity contribution in [1.29, 1.82) is 0 Å². The largest absolute Gasteiger partial charge is 0.326 e.